The summed E-state index contributed by atoms with van der Waals surface area (Å²) in [6.45, 7) is 2.14. The molecule has 0 radical (unpaired) electrons. The van der Waals surface area contributed by atoms with Gasteiger partial charge < -0.3 is 4.42 Å². The second kappa shape index (κ2) is 7.51. The van der Waals surface area contributed by atoms with Crippen molar-refractivity contribution < 1.29 is 4.42 Å². The van der Waals surface area contributed by atoms with Crippen molar-refractivity contribution in [1.82, 2.24) is 4.98 Å². The van der Waals surface area contributed by atoms with E-state index in [0.717, 1.165) is 38.8 Å². The molecule has 0 saturated carbocycles. The SMILES string of the molecule is Cc1cc(-c2ccc3c(c2)oc2ccc(-c4ccccc4)cc23)ncc1-c1ccccc1. The summed E-state index contributed by atoms with van der Waals surface area (Å²) in [7, 11) is 0. The molecular formula is C30H21NO. The Hall–Kier alpha value is -4.17. The monoisotopic (exact) mass is 411 g/mol. The van der Waals surface area contributed by atoms with Gasteiger partial charge in [-0.15, -0.1) is 0 Å². The van der Waals surface area contributed by atoms with Crippen LogP contribution < -0.4 is 0 Å². The molecule has 2 heteroatoms. The Morgan fingerprint density at radius 3 is 2.03 bits per heavy atom. The van der Waals surface area contributed by atoms with Crippen molar-refractivity contribution in [3.8, 4) is 33.5 Å². The van der Waals surface area contributed by atoms with Gasteiger partial charge in [-0.05, 0) is 59.5 Å². The van der Waals surface area contributed by atoms with E-state index in [9.17, 15) is 0 Å². The van der Waals surface area contributed by atoms with Crippen LogP contribution in [0.4, 0.5) is 0 Å². The summed E-state index contributed by atoms with van der Waals surface area (Å²) >= 11 is 0. The molecule has 4 aromatic carbocycles. The molecule has 0 aliphatic carbocycles. The molecule has 32 heavy (non-hydrogen) atoms. The predicted octanol–water partition coefficient (Wildman–Crippen LogP) is 8.29. The van der Waals surface area contributed by atoms with Gasteiger partial charge in [0.2, 0.25) is 0 Å². The second-order valence-corrected chi connectivity index (χ2v) is 8.14. The molecule has 0 aliphatic rings. The van der Waals surface area contributed by atoms with Gasteiger partial charge in [-0.25, -0.2) is 0 Å². The molecule has 0 bridgehead atoms. The fourth-order valence-electron chi connectivity index (χ4n) is 4.38. The maximum absolute atomic E-state index is 6.20. The molecule has 0 unspecified atom stereocenters. The molecule has 0 spiro atoms. The fourth-order valence-corrected chi connectivity index (χ4v) is 4.38. The van der Waals surface area contributed by atoms with Gasteiger partial charge in [0.25, 0.3) is 0 Å². The minimum atomic E-state index is 0.884. The minimum Gasteiger partial charge on any atom is -0.456 e. The van der Waals surface area contributed by atoms with E-state index in [1.807, 2.05) is 18.3 Å². The molecule has 2 aromatic heterocycles. The Balaban J connectivity index is 1.42. The highest BCUT2D eigenvalue weighted by molar-refractivity contribution is 6.07. The zero-order valence-corrected chi connectivity index (χ0v) is 17.7. The Morgan fingerprint density at radius 1 is 0.562 bits per heavy atom. The number of hydrogen-bond donors (Lipinski definition) is 0. The summed E-state index contributed by atoms with van der Waals surface area (Å²) in [5, 5.41) is 2.26. The highest BCUT2D eigenvalue weighted by Gasteiger charge is 2.11. The third-order valence-electron chi connectivity index (χ3n) is 6.07. The van der Waals surface area contributed by atoms with Crippen molar-refractivity contribution >= 4 is 21.9 Å². The highest BCUT2D eigenvalue weighted by Crippen LogP contribution is 2.35. The summed E-state index contributed by atoms with van der Waals surface area (Å²) in [6, 6.07) is 35.8. The van der Waals surface area contributed by atoms with E-state index in [1.165, 1.54) is 22.3 Å². The lowest BCUT2D eigenvalue weighted by atomic mass is 10.00. The van der Waals surface area contributed by atoms with E-state index in [4.69, 9.17) is 9.40 Å². The summed E-state index contributed by atoms with van der Waals surface area (Å²) in [6.07, 6.45) is 1.97. The number of furan rings is 1. The molecule has 152 valence electrons. The lowest BCUT2D eigenvalue weighted by molar-refractivity contribution is 0.669. The maximum Gasteiger partial charge on any atom is 0.136 e. The van der Waals surface area contributed by atoms with E-state index < -0.39 is 0 Å². The third kappa shape index (κ3) is 3.17. The van der Waals surface area contributed by atoms with Crippen LogP contribution in [0.25, 0.3) is 55.4 Å². The van der Waals surface area contributed by atoms with Crippen molar-refractivity contribution in [3.05, 3.63) is 115 Å². The van der Waals surface area contributed by atoms with Crippen molar-refractivity contribution in [1.29, 1.82) is 0 Å². The van der Waals surface area contributed by atoms with Crippen LogP contribution in [-0.2, 0) is 0 Å². The number of pyridine rings is 1. The number of benzene rings is 4. The van der Waals surface area contributed by atoms with Gasteiger partial charge in [0.1, 0.15) is 11.2 Å². The van der Waals surface area contributed by atoms with Crippen molar-refractivity contribution in [3.63, 3.8) is 0 Å². The number of rotatable bonds is 3. The van der Waals surface area contributed by atoms with E-state index in [0.29, 0.717) is 0 Å². The minimum absolute atomic E-state index is 0.884. The van der Waals surface area contributed by atoms with Crippen LogP contribution in [0, 0.1) is 6.92 Å². The molecule has 2 nitrogen and oxygen atoms in total. The quantitative estimate of drug-likeness (QED) is 0.293. The van der Waals surface area contributed by atoms with E-state index >= 15 is 0 Å². The highest BCUT2D eigenvalue weighted by atomic mass is 16.3. The number of aromatic nitrogens is 1. The summed E-state index contributed by atoms with van der Waals surface area (Å²) in [4.78, 5) is 4.76. The molecule has 0 amide bonds. The first-order valence-corrected chi connectivity index (χ1v) is 10.8. The van der Waals surface area contributed by atoms with Gasteiger partial charge in [-0.1, -0.05) is 72.8 Å². The van der Waals surface area contributed by atoms with Gasteiger partial charge in [0, 0.05) is 28.1 Å². The lowest BCUT2D eigenvalue weighted by Gasteiger charge is -2.08. The van der Waals surface area contributed by atoms with E-state index in [2.05, 4.69) is 97.9 Å². The first-order chi connectivity index (χ1) is 15.8. The average Bonchev–Trinajstić information content (AvgIpc) is 3.22. The molecular weight excluding hydrogens is 390 g/mol. The zero-order chi connectivity index (χ0) is 21.5. The number of fused-ring (bicyclic) bond motifs is 3. The third-order valence-corrected chi connectivity index (χ3v) is 6.07. The summed E-state index contributed by atoms with van der Waals surface area (Å²) in [5.41, 5.74) is 9.75. The van der Waals surface area contributed by atoms with Gasteiger partial charge in [-0.2, -0.15) is 0 Å². The smallest absolute Gasteiger partial charge is 0.136 e. The van der Waals surface area contributed by atoms with Crippen molar-refractivity contribution in [2.75, 3.05) is 0 Å². The predicted molar refractivity (Wildman–Crippen MR) is 133 cm³/mol. The van der Waals surface area contributed by atoms with Crippen LogP contribution in [-0.4, -0.2) is 4.98 Å². The van der Waals surface area contributed by atoms with Crippen LogP contribution >= 0.6 is 0 Å². The van der Waals surface area contributed by atoms with Gasteiger partial charge in [-0.3, -0.25) is 4.98 Å². The zero-order valence-electron chi connectivity index (χ0n) is 17.7. The van der Waals surface area contributed by atoms with Crippen LogP contribution in [0.3, 0.4) is 0 Å². The molecule has 0 fully saturated rings. The lowest BCUT2D eigenvalue weighted by Crippen LogP contribution is -1.89. The van der Waals surface area contributed by atoms with Crippen molar-refractivity contribution in [2.45, 2.75) is 6.92 Å². The second-order valence-electron chi connectivity index (χ2n) is 8.14. The standard InChI is InChI=1S/C30H21NO/c1-20-16-28(31-19-27(20)22-10-6-3-7-11-22)24-12-14-25-26-17-23(21-8-4-2-5-9-21)13-15-29(26)32-30(25)18-24/h2-19H,1H3. The average molecular weight is 412 g/mol. The molecule has 2 heterocycles. The number of aryl methyl sites for hydroxylation is 1. The molecule has 0 aliphatic heterocycles. The van der Waals surface area contributed by atoms with Crippen molar-refractivity contribution in [2.24, 2.45) is 0 Å². The Kier molecular flexibility index (Phi) is 4.36. The molecule has 0 atom stereocenters. The molecule has 6 aromatic rings. The summed E-state index contributed by atoms with van der Waals surface area (Å²) in [5.74, 6) is 0. The largest absolute Gasteiger partial charge is 0.456 e. The summed E-state index contributed by atoms with van der Waals surface area (Å²) < 4.78 is 6.20. The molecule has 0 saturated heterocycles. The fraction of sp³-hybridized carbons (Fsp3) is 0.0333. The van der Waals surface area contributed by atoms with Gasteiger partial charge >= 0.3 is 0 Å². The van der Waals surface area contributed by atoms with E-state index in [-0.39, 0.29) is 0 Å². The molecule has 0 N–H and O–H groups in total. The maximum atomic E-state index is 6.20. The van der Waals surface area contributed by atoms with E-state index in [1.54, 1.807) is 0 Å². The van der Waals surface area contributed by atoms with Crippen LogP contribution in [0.5, 0.6) is 0 Å². The Bertz CT molecular complexity index is 1560. The van der Waals surface area contributed by atoms with Gasteiger partial charge in [0.05, 0.1) is 5.69 Å². The molecule has 6 rings (SSSR count). The normalized spacial score (nSPS) is 11.3. The number of nitrogens with zero attached hydrogens (tertiary/aromatic N) is 1. The van der Waals surface area contributed by atoms with Crippen LogP contribution in [0.2, 0.25) is 0 Å². The Labute approximate surface area is 186 Å². The van der Waals surface area contributed by atoms with Crippen LogP contribution in [0.15, 0.2) is 114 Å². The first kappa shape index (κ1) is 18.6. The number of hydrogen-bond acceptors (Lipinski definition) is 2. The topological polar surface area (TPSA) is 26.0 Å². The van der Waals surface area contributed by atoms with Crippen LogP contribution in [0.1, 0.15) is 5.56 Å². The Morgan fingerprint density at radius 2 is 1.28 bits per heavy atom. The first-order valence-electron chi connectivity index (χ1n) is 10.8. The van der Waals surface area contributed by atoms with Gasteiger partial charge in [0.15, 0.2) is 0 Å².